The van der Waals surface area contributed by atoms with Gasteiger partial charge < -0.3 is 4.90 Å². The molecule has 3 aromatic rings. The molecule has 6 rings (SSSR count). The second-order valence-electron chi connectivity index (χ2n) is 9.10. The van der Waals surface area contributed by atoms with Crippen LogP contribution in [0.25, 0.3) is 10.8 Å². The maximum absolute atomic E-state index is 13.9. The van der Waals surface area contributed by atoms with Crippen molar-refractivity contribution in [2.24, 2.45) is 11.8 Å². The number of nitrogens with zero attached hydrogens (tertiary/aromatic N) is 4. The number of hydrogen-bond acceptors (Lipinski definition) is 4. The molecule has 6 heteroatoms. The molecule has 0 atom stereocenters. The van der Waals surface area contributed by atoms with Crippen molar-refractivity contribution in [1.82, 2.24) is 14.9 Å². The van der Waals surface area contributed by atoms with Gasteiger partial charge in [-0.2, -0.15) is 0 Å². The average Bonchev–Trinajstić information content (AvgIpc) is 2.94. The molecule has 2 aromatic heterocycles. The van der Waals surface area contributed by atoms with E-state index in [2.05, 4.69) is 9.97 Å². The van der Waals surface area contributed by atoms with Gasteiger partial charge >= 0.3 is 6.03 Å². The zero-order valence-corrected chi connectivity index (χ0v) is 17.3. The summed E-state index contributed by atoms with van der Waals surface area (Å²) in [5, 5.41) is 1.78. The standard InChI is InChI=1S/C25H24N4O2/c30-23-25(12-19(13-25)17-7-5-8-17)28(16-20-9-3-4-11-27-20)24(31)29(23)22-15-26-14-18-6-1-2-10-21(18)22/h1-4,6,9-11,14-15,17,19H,5,7-8,12-13,16H2. The van der Waals surface area contributed by atoms with Gasteiger partial charge in [-0.05, 0) is 36.8 Å². The summed E-state index contributed by atoms with van der Waals surface area (Å²) in [6.07, 6.45) is 10.4. The maximum Gasteiger partial charge on any atom is 0.332 e. The van der Waals surface area contributed by atoms with Crippen molar-refractivity contribution in [3.05, 3.63) is 66.7 Å². The van der Waals surface area contributed by atoms with E-state index in [0.29, 0.717) is 24.1 Å². The Morgan fingerprint density at radius 3 is 2.52 bits per heavy atom. The summed E-state index contributed by atoms with van der Waals surface area (Å²) in [5.41, 5.74) is 0.613. The van der Waals surface area contributed by atoms with Gasteiger partial charge in [0.05, 0.1) is 24.1 Å². The van der Waals surface area contributed by atoms with E-state index in [0.717, 1.165) is 29.3 Å². The lowest BCUT2D eigenvalue weighted by atomic mass is 9.58. The van der Waals surface area contributed by atoms with Crippen molar-refractivity contribution in [2.75, 3.05) is 4.90 Å². The molecule has 0 N–H and O–H groups in total. The first-order valence-corrected chi connectivity index (χ1v) is 11.1. The summed E-state index contributed by atoms with van der Waals surface area (Å²) in [7, 11) is 0. The SMILES string of the molecule is O=C1N(c2cncc3ccccc23)C(=O)C2(CC(C3CCC3)C2)N1Cc1ccccn1. The number of rotatable bonds is 4. The minimum atomic E-state index is -0.758. The van der Waals surface area contributed by atoms with Gasteiger partial charge in [0, 0.05) is 23.2 Å². The van der Waals surface area contributed by atoms with Crippen LogP contribution >= 0.6 is 0 Å². The van der Waals surface area contributed by atoms with E-state index in [1.807, 2.05) is 42.5 Å². The third-order valence-electron chi connectivity index (χ3n) is 7.49. The second kappa shape index (κ2) is 6.87. The fourth-order valence-corrected chi connectivity index (χ4v) is 5.53. The van der Waals surface area contributed by atoms with Crippen LogP contribution in [-0.2, 0) is 11.3 Å². The van der Waals surface area contributed by atoms with E-state index in [9.17, 15) is 9.59 Å². The first-order chi connectivity index (χ1) is 15.2. The third-order valence-corrected chi connectivity index (χ3v) is 7.49. The van der Waals surface area contributed by atoms with Crippen LogP contribution in [0.1, 0.15) is 37.8 Å². The molecule has 1 saturated heterocycles. The van der Waals surface area contributed by atoms with Gasteiger partial charge in [0.2, 0.25) is 0 Å². The molecule has 0 unspecified atom stereocenters. The quantitative estimate of drug-likeness (QED) is 0.590. The second-order valence-corrected chi connectivity index (χ2v) is 9.10. The Kier molecular flexibility index (Phi) is 4.10. The Bertz CT molecular complexity index is 1160. The lowest BCUT2D eigenvalue weighted by Crippen LogP contribution is -2.60. The number of carbonyl (C=O) groups excluding carboxylic acids is 2. The number of anilines is 1. The fraction of sp³-hybridized carbons (Fsp3) is 0.360. The van der Waals surface area contributed by atoms with Crippen LogP contribution in [0, 0.1) is 11.8 Å². The first-order valence-electron chi connectivity index (χ1n) is 11.1. The van der Waals surface area contributed by atoms with E-state index in [1.165, 1.54) is 24.2 Å². The summed E-state index contributed by atoms with van der Waals surface area (Å²) >= 11 is 0. The van der Waals surface area contributed by atoms with Gasteiger partial charge in [0.1, 0.15) is 5.54 Å². The van der Waals surface area contributed by atoms with Crippen LogP contribution in [0.2, 0.25) is 0 Å². The summed E-state index contributed by atoms with van der Waals surface area (Å²) in [4.78, 5) is 39.4. The van der Waals surface area contributed by atoms with Gasteiger partial charge in [0.15, 0.2) is 0 Å². The van der Waals surface area contributed by atoms with E-state index < -0.39 is 5.54 Å². The predicted molar refractivity (Wildman–Crippen MR) is 117 cm³/mol. The topological polar surface area (TPSA) is 66.4 Å². The van der Waals surface area contributed by atoms with Crippen LogP contribution in [0.5, 0.6) is 0 Å². The Balaban J connectivity index is 1.41. The lowest BCUT2D eigenvalue weighted by molar-refractivity contribution is -0.135. The molecular weight excluding hydrogens is 388 g/mol. The van der Waals surface area contributed by atoms with Crippen molar-refractivity contribution in [2.45, 2.75) is 44.2 Å². The smallest absolute Gasteiger partial charge is 0.303 e. The monoisotopic (exact) mass is 412 g/mol. The van der Waals surface area contributed by atoms with Gasteiger partial charge in [-0.3, -0.25) is 14.8 Å². The minimum absolute atomic E-state index is 0.109. The molecule has 3 amide bonds. The molecule has 1 aliphatic heterocycles. The van der Waals surface area contributed by atoms with Crippen LogP contribution < -0.4 is 4.90 Å². The van der Waals surface area contributed by atoms with E-state index in [1.54, 1.807) is 23.5 Å². The normalized spacial score (nSPS) is 25.9. The van der Waals surface area contributed by atoms with Gasteiger partial charge in [-0.25, -0.2) is 9.69 Å². The highest BCUT2D eigenvalue weighted by atomic mass is 16.2. The molecule has 3 heterocycles. The van der Waals surface area contributed by atoms with Crippen molar-refractivity contribution in [3.8, 4) is 0 Å². The Morgan fingerprint density at radius 2 is 1.77 bits per heavy atom. The van der Waals surface area contributed by atoms with Crippen LogP contribution in [0.4, 0.5) is 10.5 Å². The lowest BCUT2D eigenvalue weighted by Gasteiger charge is -2.52. The van der Waals surface area contributed by atoms with Gasteiger partial charge in [0.25, 0.3) is 5.91 Å². The van der Waals surface area contributed by atoms with Crippen LogP contribution in [0.15, 0.2) is 61.1 Å². The number of imide groups is 1. The number of benzene rings is 1. The maximum atomic E-state index is 13.9. The molecule has 3 aliphatic rings. The van der Waals surface area contributed by atoms with E-state index >= 15 is 0 Å². The summed E-state index contributed by atoms with van der Waals surface area (Å²) in [6.45, 7) is 0.345. The zero-order valence-electron chi connectivity index (χ0n) is 17.3. The van der Waals surface area contributed by atoms with Crippen LogP contribution in [0.3, 0.4) is 0 Å². The molecule has 2 saturated carbocycles. The van der Waals surface area contributed by atoms with Crippen molar-refractivity contribution < 1.29 is 9.59 Å². The Hall–Kier alpha value is -3.28. The summed E-state index contributed by atoms with van der Waals surface area (Å²) < 4.78 is 0. The number of carbonyl (C=O) groups is 2. The molecule has 31 heavy (non-hydrogen) atoms. The van der Waals surface area contributed by atoms with Crippen LogP contribution in [-0.4, -0.2) is 32.3 Å². The number of fused-ring (bicyclic) bond motifs is 1. The minimum Gasteiger partial charge on any atom is -0.303 e. The zero-order chi connectivity index (χ0) is 21.0. The molecule has 0 radical (unpaired) electrons. The fourth-order valence-electron chi connectivity index (χ4n) is 5.53. The molecule has 2 aliphatic carbocycles. The molecule has 1 aromatic carbocycles. The highest BCUT2D eigenvalue weighted by Crippen LogP contribution is 2.55. The highest BCUT2D eigenvalue weighted by Gasteiger charge is 2.65. The first kappa shape index (κ1) is 18.5. The van der Waals surface area contributed by atoms with Crippen molar-refractivity contribution in [3.63, 3.8) is 0 Å². The highest BCUT2D eigenvalue weighted by molar-refractivity contribution is 6.26. The number of amides is 3. The largest absolute Gasteiger partial charge is 0.332 e. The van der Waals surface area contributed by atoms with Crippen molar-refractivity contribution >= 4 is 28.4 Å². The molecule has 3 fully saturated rings. The van der Waals surface area contributed by atoms with E-state index in [4.69, 9.17) is 0 Å². The summed E-state index contributed by atoms with van der Waals surface area (Å²) in [5.74, 6) is 1.13. The molecule has 0 bridgehead atoms. The number of hydrogen-bond donors (Lipinski definition) is 0. The van der Waals surface area contributed by atoms with E-state index in [-0.39, 0.29) is 11.9 Å². The molecule has 156 valence electrons. The predicted octanol–water partition coefficient (Wildman–Crippen LogP) is 4.55. The average molecular weight is 412 g/mol. The number of urea groups is 1. The third kappa shape index (κ3) is 2.70. The van der Waals surface area contributed by atoms with Gasteiger partial charge in [-0.1, -0.05) is 49.6 Å². The molecule has 1 spiro atoms. The van der Waals surface area contributed by atoms with Gasteiger partial charge in [-0.15, -0.1) is 0 Å². The number of pyridine rings is 2. The molecular formula is C25H24N4O2. The number of aromatic nitrogens is 2. The summed E-state index contributed by atoms with van der Waals surface area (Å²) in [6, 6.07) is 13.2. The Morgan fingerprint density at radius 1 is 0.968 bits per heavy atom. The molecule has 6 nitrogen and oxygen atoms in total. The Labute approximate surface area is 180 Å². The van der Waals surface area contributed by atoms with Crippen molar-refractivity contribution in [1.29, 1.82) is 0 Å².